The van der Waals surface area contributed by atoms with Crippen molar-refractivity contribution in [1.29, 1.82) is 0 Å². The number of benzene rings is 2. The summed E-state index contributed by atoms with van der Waals surface area (Å²) in [6, 6.07) is 16.6. The van der Waals surface area contributed by atoms with Crippen LogP contribution in [0.2, 0.25) is 0 Å². The molecule has 0 aliphatic carbocycles. The Bertz CT molecular complexity index is 1080. The Balaban J connectivity index is 0.00000560. The normalized spacial score (nSPS) is 16.2. The van der Waals surface area contributed by atoms with E-state index in [4.69, 9.17) is 4.74 Å². The standard InChI is InChI=1S/C35H50N2O2.BrH/c1-5-6-7-8-9-10-11-12-13-14-24-39-34-20-18-31(19-21-34)27-37(30(3)38)33-17-15-16-32(25-33)26-35(4)28-36-23-22-29(35)2;/h15-23,25H,5-14,24,26-28H2,1-4H3;1H. The summed E-state index contributed by atoms with van der Waals surface area (Å²) in [6.07, 6.45) is 18.2. The summed E-state index contributed by atoms with van der Waals surface area (Å²) in [6.45, 7) is 10.5. The van der Waals surface area contributed by atoms with Crippen LogP contribution in [0.25, 0.3) is 0 Å². The van der Waals surface area contributed by atoms with Gasteiger partial charge in [0.25, 0.3) is 0 Å². The van der Waals surface area contributed by atoms with E-state index in [9.17, 15) is 4.79 Å². The first-order chi connectivity index (χ1) is 18.9. The molecule has 0 saturated carbocycles. The van der Waals surface area contributed by atoms with E-state index in [0.717, 1.165) is 43.0 Å². The van der Waals surface area contributed by atoms with Crippen molar-refractivity contribution >= 4 is 34.8 Å². The van der Waals surface area contributed by atoms with E-state index >= 15 is 0 Å². The largest absolute Gasteiger partial charge is 0.494 e. The van der Waals surface area contributed by atoms with Gasteiger partial charge in [0.15, 0.2) is 0 Å². The molecule has 1 unspecified atom stereocenters. The minimum absolute atomic E-state index is 0. The number of aliphatic imine (C=N–C) groups is 1. The van der Waals surface area contributed by atoms with Crippen LogP contribution in [0.5, 0.6) is 5.75 Å². The fourth-order valence-corrected chi connectivity index (χ4v) is 5.26. The second-order valence-electron chi connectivity index (χ2n) is 11.5. The number of hydrogen-bond acceptors (Lipinski definition) is 3. The Morgan fingerprint density at radius 2 is 1.57 bits per heavy atom. The van der Waals surface area contributed by atoms with E-state index < -0.39 is 0 Å². The average Bonchev–Trinajstić information content (AvgIpc) is 2.93. The summed E-state index contributed by atoms with van der Waals surface area (Å²) in [5.41, 5.74) is 4.61. The van der Waals surface area contributed by atoms with Crippen LogP contribution >= 0.6 is 17.0 Å². The molecular formula is C35H51BrN2O2. The van der Waals surface area contributed by atoms with Gasteiger partial charge >= 0.3 is 0 Å². The Hall–Kier alpha value is -2.40. The molecule has 0 bridgehead atoms. The molecular weight excluding hydrogens is 560 g/mol. The highest BCUT2D eigenvalue weighted by molar-refractivity contribution is 8.93. The summed E-state index contributed by atoms with van der Waals surface area (Å²) in [5, 5.41) is 0. The molecule has 1 aliphatic rings. The number of anilines is 1. The molecule has 0 radical (unpaired) electrons. The molecule has 1 aliphatic heterocycles. The Labute approximate surface area is 254 Å². The molecule has 4 nitrogen and oxygen atoms in total. The third kappa shape index (κ3) is 11.2. The van der Waals surface area contributed by atoms with Gasteiger partial charge in [0.2, 0.25) is 5.91 Å². The molecule has 220 valence electrons. The minimum atomic E-state index is 0. The first-order valence-corrected chi connectivity index (χ1v) is 15.2. The Morgan fingerprint density at radius 3 is 2.20 bits per heavy atom. The first kappa shape index (κ1) is 33.8. The van der Waals surface area contributed by atoms with Crippen molar-refractivity contribution in [3.63, 3.8) is 0 Å². The molecule has 5 heteroatoms. The second-order valence-corrected chi connectivity index (χ2v) is 11.5. The molecule has 1 atom stereocenters. The van der Waals surface area contributed by atoms with Gasteiger partial charge in [-0.3, -0.25) is 9.79 Å². The zero-order chi connectivity index (χ0) is 27.9. The number of carbonyl (C=O) groups is 1. The number of rotatable bonds is 17. The molecule has 0 spiro atoms. The van der Waals surface area contributed by atoms with Gasteiger partial charge in [-0.1, -0.05) is 101 Å². The topological polar surface area (TPSA) is 41.9 Å². The summed E-state index contributed by atoms with van der Waals surface area (Å²) in [4.78, 5) is 19.0. The zero-order valence-electron chi connectivity index (χ0n) is 25.3. The molecule has 0 fully saturated rings. The van der Waals surface area contributed by atoms with Gasteiger partial charge in [-0.25, -0.2) is 0 Å². The molecule has 1 heterocycles. The summed E-state index contributed by atoms with van der Waals surface area (Å²) < 4.78 is 5.98. The number of hydrogen-bond donors (Lipinski definition) is 0. The number of dihydropyridines is 1. The monoisotopic (exact) mass is 610 g/mol. The van der Waals surface area contributed by atoms with Crippen molar-refractivity contribution in [2.45, 2.75) is 105 Å². The third-order valence-corrected chi connectivity index (χ3v) is 8.05. The number of nitrogens with zero attached hydrogens (tertiary/aromatic N) is 2. The highest BCUT2D eigenvalue weighted by Crippen LogP contribution is 2.34. The van der Waals surface area contributed by atoms with Crippen molar-refractivity contribution in [3.05, 3.63) is 71.3 Å². The smallest absolute Gasteiger partial charge is 0.224 e. The van der Waals surface area contributed by atoms with Crippen LogP contribution in [0.15, 0.2) is 65.2 Å². The van der Waals surface area contributed by atoms with Gasteiger partial charge in [0.05, 0.1) is 13.2 Å². The predicted octanol–water partition coefficient (Wildman–Crippen LogP) is 9.70. The number of halogens is 1. The summed E-state index contributed by atoms with van der Waals surface area (Å²) in [7, 11) is 0. The molecule has 0 aromatic heterocycles. The fourth-order valence-electron chi connectivity index (χ4n) is 5.26. The van der Waals surface area contributed by atoms with Gasteiger partial charge in [0.1, 0.15) is 5.75 Å². The van der Waals surface area contributed by atoms with Crippen LogP contribution in [-0.2, 0) is 17.8 Å². The first-order valence-electron chi connectivity index (χ1n) is 15.2. The van der Waals surface area contributed by atoms with Gasteiger partial charge in [-0.15, -0.1) is 17.0 Å². The quantitative estimate of drug-likeness (QED) is 0.167. The van der Waals surface area contributed by atoms with Gasteiger partial charge in [0, 0.05) is 30.8 Å². The van der Waals surface area contributed by atoms with Gasteiger partial charge in [-0.05, 0) is 61.2 Å². The van der Waals surface area contributed by atoms with Crippen LogP contribution in [0, 0.1) is 5.41 Å². The SMILES string of the molecule is Br.CCCCCCCCCCCCOc1ccc(CN(C(C)=O)c2cccc(CC3(C)CN=CC=C3C)c2)cc1. The van der Waals surface area contributed by atoms with Crippen molar-refractivity contribution in [2.75, 3.05) is 18.1 Å². The van der Waals surface area contributed by atoms with Crippen LogP contribution in [0.4, 0.5) is 5.69 Å². The molecule has 0 saturated heterocycles. The van der Waals surface area contributed by atoms with E-state index in [0.29, 0.717) is 6.54 Å². The van der Waals surface area contributed by atoms with Crippen molar-refractivity contribution in [2.24, 2.45) is 10.4 Å². The number of amides is 1. The van der Waals surface area contributed by atoms with Crippen molar-refractivity contribution < 1.29 is 9.53 Å². The maximum atomic E-state index is 12.6. The Morgan fingerprint density at radius 1 is 0.925 bits per heavy atom. The lowest BCUT2D eigenvalue weighted by atomic mass is 9.76. The van der Waals surface area contributed by atoms with E-state index in [-0.39, 0.29) is 28.3 Å². The van der Waals surface area contributed by atoms with E-state index in [1.165, 1.54) is 68.9 Å². The lowest BCUT2D eigenvalue weighted by Gasteiger charge is -2.31. The van der Waals surface area contributed by atoms with Crippen LogP contribution in [-0.4, -0.2) is 25.3 Å². The fraction of sp³-hybridized carbons (Fsp3) is 0.543. The predicted molar refractivity (Wildman–Crippen MR) is 176 cm³/mol. The minimum Gasteiger partial charge on any atom is -0.494 e. The lowest BCUT2D eigenvalue weighted by molar-refractivity contribution is -0.116. The zero-order valence-corrected chi connectivity index (χ0v) is 27.0. The highest BCUT2D eigenvalue weighted by atomic mass is 79.9. The number of ether oxygens (including phenoxy) is 1. The molecule has 40 heavy (non-hydrogen) atoms. The van der Waals surface area contributed by atoms with Crippen molar-refractivity contribution in [1.82, 2.24) is 0 Å². The number of carbonyl (C=O) groups excluding carboxylic acids is 1. The molecule has 2 aromatic carbocycles. The molecule has 3 rings (SSSR count). The number of unbranched alkanes of at least 4 members (excludes halogenated alkanes) is 9. The Kier molecular flexibility index (Phi) is 15.3. The van der Waals surface area contributed by atoms with Crippen molar-refractivity contribution in [3.8, 4) is 5.75 Å². The lowest BCUT2D eigenvalue weighted by Crippen LogP contribution is -2.29. The maximum absolute atomic E-state index is 12.6. The maximum Gasteiger partial charge on any atom is 0.224 e. The van der Waals surface area contributed by atoms with Crippen LogP contribution in [0.3, 0.4) is 0 Å². The average molecular weight is 612 g/mol. The molecule has 2 aromatic rings. The number of allylic oxidation sites excluding steroid dienone is 1. The van der Waals surface area contributed by atoms with Gasteiger partial charge < -0.3 is 9.64 Å². The van der Waals surface area contributed by atoms with E-state index in [2.05, 4.69) is 62.2 Å². The summed E-state index contributed by atoms with van der Waals surface area (Å²) >= 11 is 0. The second kappa shape index (κ2) is 18.1. The highest BCUT2D eigenvalue weighted by Gasteiger charge is 2.28. The van der Waals surface area contributed by atoms with Crippen LogP contribution < -0.4 is 9.64 Å². The molecule has 1 amide bonds. The summed E-state index contributed by atoms with van der Waals surface area (Å²) in [5.74, 6) is 0.941. The molecule has 0 N–H and O–H groups in total. The van der Waals surface area contributed by atoms with E-state index in [1.807, 2.05) is 29.3 Å². The van der Waals surface area contributed by atoms with E-state index in [1.54, 1.807) is 6.92 Å². The van der Waals surface area contributed by atoms with Crippen LogP contribution in [0.1, 0.15) is 103 Å². The third-order valence-electron chi connectivity index (χ3n) is 8.05. The van der Waals surface area contributed by atoms with Gasteiger partial charge in [-0.2, -0.15) is 0 Å².